The van der Waals surface area contributed by atoms with E-state index < -0.39 is 0 Å². The van der Waals surface area contributed by atoms with E-state index >= 15 is 0 Å². The lowest BCUT2D eigenvalue weighted by atomic mass is 10.2. The molecule has 0 fully saturated rings. The number of rotatable bonds is 7. The van der Waals surface area contributed by atoms with Gasteiger partial charge in [0.1, 0.15) is 6.54 Å². The fourth-order valence-electron chi connectivity index (χ4n) is 2.84. The van der Waals surface area contributed by atoms with E-state index in [1.54, 1.807) is 18.2 Å². The van der Waals surface area contributed by atoms with E-state index in [4.69, 9.17) is 23.2 Å². The quantitative estimate of drug-likeness (QED) is 0.561. The van der Waals surface area contributed by atoms with Crippen LogP contribution in [0.3, 0.4) is 0 Å². The van der Waals surface area contributed by atoms with Crippen molar-refractivity contribution in [1.82, 2.24) is 14.9 Å². The molecule has 0 aliphatic carbocycles. The molecule has 0 saturated heterocycles. The van der Waals surface area contributed by atoms with Gasteiger partial charge in [-0.15, -0.1) is 0 Å². The third-order valence-corrected chi connectivity index (χ3v) is 4.81. The number of hydrogen-bond acceptors (Lipinski definition) is 4. The Labute approximate surface area is 184 Å². The zero-order valence-electron chi connectivity index (χ0n) is 16.3. The maximum Gasteiger partial charge on any atom is 0.257 e. The Kier molecular flexibility index (Phi) is 7.38. The standard InChI is InChI=1S/C22H20Cl2N4O2/c1-2-10-28(14-20(29)27-19-11-17(23)8-9-18(19)24)22(30)16-12-25-21(26-13-16)15-6-4-3-5-7-15/h3-9,11-13H,2,10,14H2,1H3,(H,27,29). The summed E-state index contributed by atoms with van der Waals surface area (Å²) in [6.07, 6.45) is 3.65. The third-order valence-electron chi connectivity index (χ3n) is 4.25. The first-order valence-corrected chi connectivity index (χ1v) is 10.1. The SMILES string of the molecule is CCCN(CC(=O)Nc1cc(Cl)ccc1Cl)C(=O)c1cnc(-c2ccccc2)nc1. The van der Waals surface area contributed by atoms with E-state index in [-0.39, 0.29) is 18.4 Å². The number of carbonyl (C=O) groups excluding carboxylic acids is 2. The Morgan fingerprint density at radius 2 is 1.73 bits per heavy atom. The van der Waals surface area contributed by atoms with Crippen molar-refractivity contribution >= 4 is 40.7 Å². The van der Waals surface area contributed by atoms with Crippen LogP contribution in [0.1, 0.15) is 23.7 Å². The smallest absolute Gasteiger partial charge is 0.257 e. The monoisotopic (exact) mass is 442 g/mol. The number of halogens is 2. The van der Waals surface area contributed by atoms with Crippen LogP contribution >= 0.6 is 23.2 Å². The van der Waals surface area contributed by atoms with Gasteiger partial charge in [0.25, 0.3) is 5.91 Å². The largest absolute Gasteiger partial charge is 0.329 e. The summed E-state index contributed by atoms with van der Waals surface area (Å²) < 4.78 is 0. The molecule has 0 atom stereocenters. The number of anilines is 1. The van der Waals surface area contributed by atoms with E-state index in [1.165, 1.54) is 17.3 Å². The molecule has 3 rings (SSSR count). The summed E-state index contributed by atoms with van der Waals surface area (Å²) in [5.74, 6) is -0.158. The number of carbonyl (C=O) groups is 2. The number of aromatic nitrogens is 2. The van der Waals surface area contributed by atoms with Crippen molar-refractivity contribution in [3.05, 3.63) is 76.5 Å². The molecule has 0 radical (unpaired) electrons. The molecule has 2 amide bonds. The molecular weight excluding hydrogens is 423 g/mol. The first kappa shape index (κ1) is 21.7. The van der Waals surface area contributed by atoms with Gasteiger partial charge in [-0.25, -0.2) is 9.97 Å². The summed E-state index contributed by atoms with van der Waals surface area (Å²) >= 11 is 12.0. The van der Waals surface area contributed by atoms with Crippen LogP contribution < -0.4 is 5.32 Å². The molecule has 154 valence electrons. The summed E-state index contributed by atoms with van der Waals surface area (Å²) in [4.78, 5) is 35.4. The molecule has 0 aliphatic heterocycles. The van der Waals surface area contributed by atoms with E-state index in [1.807, 2.05) is 37.3 Å². The number of amides is 2. The minimum atomic E-state index is -0.372. The van der Waals surface area contributed by atoms with Gasteiger partial charge >= 0.3 is 0 Å². The van der Waals surface area contributed by atoms with Gasteiger partial charge in [0, 0.05) is 29.5 Å². The van der Waals surface area contributed by atoms with E-state index in [0.717, 1.165) is 5.56 Å². The van der Waals surface area contributed by atoms with E-state index in [9.17, 15) is 9.59 Å². The van der Waals surface area contributed by atoms with Gasteiger partial charge in [-0.05, 0) is 24.6 Å². The number of nitrogens with zero attached hydrogens (tertiary/aromatic N) is 3. The summed E-state index contributed by atoms with van der Waals surface area (Å²) in [6.45, 7) is 2.22. The first-order chi connectivity index (χ1) is 14.5. The Morgan fingerprint density at radius 1 is 1.03 bits per heavy atom. The average molecular weight is 443 g/mol. The van der Waals surface area contributed by atoms with Crippen LogP contribution in [0.4, 0.5) is 5.69 Å². The van der Waals surface area contributed by atoms with Crippen LogP contribution in [0.5, 0.6) is 0 Å². The fraction of sp³-hybridized carbons (Fsp3) is 0.182. The van der Waals surface area contributed by atoms with Crippen LogP contribution in [-0.2, 0) is 4.79 Å². The summed E-state index contributed by atoms with van der Waals surface area (Å²) in [5.41, 5.74) is 1.57. The minimum absolute atomic E-state index is 0.129. The predicted octanol–water partition coefficient (Wildman–Crippen LogP) is 4.94. The van der Waals surface area contributed by atoms with Crippen LogP contribution in [-0.4, -0.2) is 39.8 Å². The molecule has 2 aromatic carbocycles. The average Bonchev–Trinajstić information content (AvgIpc) is 2.76. The molecule has 0 spiro atoms. The molecular formula is C22H20Cl2N4O2. The van der Waals surface area contributed by atoms with Crippen molar-refractivity contribution < 1.29 is 9.59 Å². The Bertz CT molecular complexity index is 1030. The Hall–Kier alpha value is -2.96. The lowest BCUT2D eigenvalue weighted by molar-refractivity contribution is -0.116. The lowest BCUT2D eigenvalue weighted by Gasteiger charge is -2.21. The highest BCUT2D eigenvalue weighted by Crippen LogP contribution is 2.25. The molecule has 1 N–H and O–H groups in total. The fourth-order valence-corrected chi connectivity index (χ4v) is 3.17. The van der Waals surface area contributed by atoms with Crippen LogP contribution in [0.25, 0.3) is 11.4 Å². The summed E-state index contributed by atoms with van der Waals surface area (Å²) in [5, 5.41) is 3.51. The number of nitrogens with one attached hydrogen (secondary N) is 1. The summed E-state index contributed by atoms with van der Waals surface area (Å²) in [6, 6.07) is 14.3. The van der Waals surface area contributed by atoms with Crippen LogP contribution in [0.15, 0.2) is 60.9 Å². The van der Waals surface area contributed by atoms with Crippen molar-refractivity contribution in [2.75, 3.05) is 18.4 Å². The highest BCUT2D eigenvalue weighted by molar-refractivity contribution is 6.35. The second-order valence-electron chi connectivity index (χ2n) is 6.56. The second-order valence-corrected chi connectivity index (χ2v) is 7.40. The van der Waals surface area contributed by atoms with Gasteiger partial charge in [-0.1, -0.05) is 60.5 Å². The zero-order chi connectivity index (χ0) is 21.5. The highest BCUT2D eigenvalue weighted by atomic mass is 35.5. The molecule has 30 heavy (non-hydrogen) atoms. The van der Waals surface area contributed by atoms with Crippen molar-refractivity contribution in [2.45, 2.75) is 13.3 Å². The van der Waals surface area contributed by atoms with Crippen molar-refractivity contribution in [3.63, 3.8) is 0 Å². The molecule has 0 saturated carbocycles. The topological polar surface area (TPSA) is 75.2 Å². The number of hydrogen-bond donors (Lipinski definition) is 1. The minimum Gasteiger partial charge on any atom is -0.329 e. The normalized spacial score (nSPS) is 10.5. The molecule has 3 aromatic rings. The van der Waals surface area contributed by atoms with Crippen molar-refractivity contribution in [1.29, 1.82) is 0 Å². The van der Waals surface area contributed by atoms with Gasteiger partial charge in [0.2, 0.25) is 5.91 Å². The Balaban J connectivity index is 1.71. The van der Waals surface area contributed by atoms with Crippen molar-refractivity contribution in [3.8, 4) is 11.4 Å². The first-order valence-electron chi connectivity index (χ1n) is 9.39. The highest BCUT2D eigenvalue weighted by Gasteiger charge is 2.20. The maximum atomic E-state index is 12.9. The van der Waals surface area contributed by atoms with Gasteiger partial charge < -0.3 is 10.2 Å². The molecule has 0 unspecified atom stereocenters. The molecule has 1 aromatic heterocycles. The van der Waals surface area contributed by atoms with E-state index in [2.05, 4.69) is 15.3 Å². The van der Waals surface area contributed by atoms with Gasteiger partial charge in [-0.2, -0.15) is 0 Å². The van der Waals surface area contributed by atoms with E-state index in [0.29, 0.717) is 40.1 Å². The van der Waals surface area contributed by atoms with Gasteiger partial charge in [0.05, 0.1) is 16.3 Å². The van der Waals surface area contributed by atoms with Crippen LogP contribution in [0.2, 0.25) is 10.0 Å². The maximum absolute atomic E-state index is 12.9. The molecule has 6 nitrogen and oxygen atoms in total. The third kappa shape index (κ3) is 5.55. The van der Waals surface area contributed by atoms with Gasteiger partial charge in [0.15, 0.2) is 5.82 Å². The molecule has 1 heterocycles. The van der Waals surface area contributed by atoms with Gasteiger partial charge in [-0.3, -0.25) is 9.59 Å². The van der Waals surface area contributed by atoms with Crippen LogP contribution in [0, 0.1) is 0 Å². The lowest BCUT2D eigenvalue weighted by Crippen LogP contribution is -2.38. The number of benzene rings is 2. The molecule has 8 heteroatoms. The van der Waals surface area contributed by atoms with Crippen molar-refractivity contribution in [2.24, 2.45) is 0 Å². The molecule has 0 aliphatic rings. The predicted molar refractivity (Wildman–Crippen MR) is 119 cm³/mol. The second kappa shape index (κ2) is 10.2. The molecule has 0 bridgehead atoms. The zero-order valence-corrected chi connectivity index (χ0v) is 17.8. The summed E-state index contributed by atoms with van der Waals surface area (Å²) in [7, 11) is 0. The Morgan fingerprint density at radius 3 is 2.40 bits per heavy atom.